The van der Waals surface area contributed by atoms with Crippen LogP contribution in [0.5, 0.6) is 5.75 Å². The lowest BCUT2D eigenvalue weighted by Gasteiger charge is -2.11. The van der Waals surface area contributed by atoms with E-state index in [-0.39, 0.29) is 23.6 Å². The first-order chi connectivity index (χ1) is 12.8. The molecular weight excluding hydrogens is 352 g/mol. The number of carboxylic acid groups (broad SMARTS) is 1. The highest BCUT2D eigenvalue weighted by atomic mass is 16.5. The van der Waals surface area contributed by atoms with Crippen LogP contribution in [0.3, 0.4) is 0 Å². The summed E-state index contributed by atoms with van der Waals surface area (Å²) >= 11 is 0. The van der Waals surface area contributed by atoms with E-state index in [1.807, 2.05) is 0 Å². The lowest BCUT2D eigenvalue weighted by molar-refractivity contribution is -0.135. The fourth-order valence-electron chi connectivity index (χ4n) is 2.27. The minimum absolute atomic E-state index is 0.0736. The molecule has 0 radical (unpaired) electrons. The van der Waals surface area contributed by atoms with Gasteiger partial charge in [0.2, 0.25) is 5.71 Å². The highest BCUT2D eigenvalue weighted by Gasteiger charge is 2.18. The van der Waals surface area contributed by atoms with Gasteiger partial charge in [-0.3, -0.25) is 10.2 Å². The molecule has 0 aliphatic heterocycles. The number of rotatable bonds is 7. The molecule has 2 rings (SSSR count). The fraction of sp³-hybridized carbons (Fsp3) is 0.158. The van der Waals surface area contributed by atoms with Gasteiger partial charge in [-0.05, 0) is 30.7 Å². The van der Waals surface area contributed by atoms with E-state index < -0.39 is 23.4 Å². The summed E-state index contributed by atoms with van der Waals surface area (Å²) in [6.07, 6.45) is 0. The third-order valence-corrected chi connectivity index (χ3v) is 3.55. The zero-order chi connectivity index (χ0) is 20.0. The zero-order valence-corrected chi connectivity index (χ0v) is 14.7. The van der Waals surface area contributed by atoms with Gasteiger partial charge in [-0.1, -0.05) is 24.3 Å². The van der Waals surface area contributed by atoms with Crippen LogP contribution < -0.4 is 5.43 Å². The number of ketones is 1. The number of phenolic OH excluding ortho intramolecular Hbond substituents is 1. The summed E-state index contributed by atoms with van der Waals surface area (Å²) in [5.41, 5.74) is 3.10. The second-order valence-corrected chi connectivity index (χ2v) is 5.44. The number of carbonyl (C=O) groups is 3. The second kappa shape index (κ2) is 8.61. The molecule has 2 aromatic rings. The number of aromatic hydroxyl groups is 1. The maximum absolute atomic E-state index is 11.7. The molecule has 0 aliphatic carbocycles. The van der Waals surface area contributed by atoms with Gasteiger partial charge in [-0.15, -0.1) is 0 Å². The molecule has 0 fully saturated rings. The van der Waals surface area contributed by atoms with Gasteiger partial charge in [-0.25, -0.2) is 9.59 Å². The van der Waals surface area contributed by atoms with Crippen molar-refractivity contribution in [1.82, 2.24) is 0 Å². The third-order valence-electron chi connectivity index (χ3n) is 3.55. The topological polar surface area (TPSA) is 125 Å². The Bertz CT molecular complexity index is 920. The Labute approximate surface area is 155 Å². The molecule has 0 bridgehead atoms. The van der Waals surface area contributed by atoms with Crippen molar-refractivity contribution in [2.24, 2.45) is 5.10 Å². The van der Waals surface area contributed by atoms with Gasteiger partial charge in [-0.2, -0.15) is 5.10 Å². The van der Waals surface area contributed by atoms with E-state index in [1.54, 1.807) is 31.2 Å². The molecule has 0 heterocycles. The number of nitrogens with one attached hydrogen (secondary N) is 1. The van der Waals surface area contributed by atoms with Crippen LogP contribution in [0, 0.1) is 0 Å². The summed E-state index contributed by atoms with van der Waals surface area (Å²) in [6, 6.07) is 10.8. The third kappa shape index (κ3) is 4.69. The number of hydrazone groups is 1. The van der Waals surface area contributed by atoms with Crippen LogP contribution in [0.1, 0.15) is 24.2 Å². The van der Waals surface area contributed by atoms with Crippen LogP contribution in [-0.2, 0) is 14.3 Å². The number of nitrogens with zero attached hydrogens (tertiary/aromatic N) is 1. The van der Waals surface area contributed by atoms with Crippen molar-refractivity contribution < 1.29 is 29.3 Å². The van der Waals surface area contributed by atoms with Gasteiger partial charge in [0.15, 0.2) is 5.78 Å². The number of carboxylic acids is 1. The lowest BCUT2D eigenvalue weighted by Crippen LogP contribution is -2.25. The number of aromatic carboxylic acids is 1. The number of benzene rings is 2. The molecule has 3 N–H and O–H groups in total. The first-order valence-corrected chi connectivity index (χ1v) is 8.02. The Hall–Kier alpha value is -3.68. The van der Waals surface area contributed by atoms with Crippen LogP contribution in [0.15, 0.2) is 47.6 Å². The molecule has 0 saturated heterocycles. The van der Waals surface area contributed by atoms with Crippen LogP contribution in [0.4, 0.5) is 5.69 Å². The molecule has 2 aromatic carbocycles. The van der Waals surface area contributed by atoms with Gasteiger partial charge < -0.3 is 14.9 Å². The average Bonchev–Trinajstić information content (AvgIpc) is 2.63. The molecule has 0 saturated carbocycles. The van der Waals surface area contributed by atoms with Crippen LogP contribution >= 0.6 is 0 Å². The first-order valence-electron chi connectivity index (χ1n) is 8.02. The fourth-order valence-corrected chi connectivity index (χ4v) is 2.27. The van der Waals surface area contributed by atoms with Crippen molar-refractivity contribution in [2.75, 3.05) is 12.0 Å². The average molecular weight is 370 g/mol. The Balaban J connectivity index is 2.38. The number of hydrogen-bond donors (Lipinski definition) is 3. The summed E-state index contributed by atoms with van der Waals surface area (Å²) in [7, 11) is 0. The summed E-state index contributed by atoms with van der Waals surface area (Å²) in [5, 5.41) is 23.3. The highest BCUT2D eigenvalue weighted by Crippen LogP contribution is 2.35. The van der Waals surface area contributed by atoms with Crippen molar-refractivity contribution in [3.63, 3.8) is 0 Å². The predicted molar refractivity (Wildman–Crippen MR) is 98.9 cm³/mol. The van der Waals surface area contributed by atoms with Crippen molar-refractivity contribution in [3.8, 4) is 16.9 Å². The first kappa shape index (κ1) is 19.6. The van der Waals surface area contributed by atoms with E-state index >= 15 is 0 Å². The number of ether oxygens (including phenoxy) is 1. The van der Waals surface area contributed by atoms with Crippen molar-refractivity contribution in [1.29, 1.82) is 0 Å². The van der Waals surface area contributed by atoms with Crippen molar-refractivity contribution in [2.45, 2.75) is 13.8 Å². The standard InChI is InChI=1S/C19H18N2O6/c1-3-27-19(26)16(11(2)22)21-20-15-9-5-8-14(17(15)23)12-6-4-7-13(10-12)18(24)25/h4-10,20,23H,3H2,1-2H3,(H,24,25)/b21-16+. The van der Waals surface area contributed by atoms with Crippen molar-refractivity contribution in [3.05, 3.63) is 48.0 Å². The summed E-state index contributed by atoms with van der Waals surface area (Å²) in [5.74, 6) is -2.76. The van der Waals surface area contributed by atoms with Crippen LogP contribution in [-0.4, -0.2) is 40.3 Å². The molecule has 0 amide bonds. The maximum Gasteiger partial charge on any atom is 0.362 e. The molecule has 8 heteroatoms. The zero-order valence-electron chi connectivity index (χ0n) is 14.7. The molecule has 0 spiro atoms. The van der Waals surface area contributed by atoms with Crippen LogP contribution in [0.25, 0.3) is 11.1 Å². The van der Waals surface area contributed by atoms with E-state index in [0.717, 1.165) is 0 Å². The number of phenols is 1. The molecular formula is C19H18N2O6. The number of para-hydroxylation sites is 1. The molecule has 27 heavy (non-hydrogen) atoms. The molecule has 0 aromatic heterocycles. The number of anilines is 1. The Morgan fingerprint density at radius 2 is 1.85 bits per heavy atom. The van der Waals surface area contributed by atoms with E-state index in [2.05, 4.69) is 10.5 Å². The largest absolute Gasteiger partial charge is 0.505 e. The predicted octanol–water partition coefficient (Wildman–Crippen LogP) is 2.68. The van der Waals surface area contributed by atoms with Crippen molar-refractivity contribution >= 4 is 29.1 Å². The smallest absolute Gasteiger partial charge is 0.362 e. The van der Waals surface area contributed by atoms with E-state index in [4.69, 9.17) is 9.84 Å². The van der Waals surface area contributed by atoms with Crippen LogP contribution in [0.2, 0.25) is 0 Å². The maximum atomic E-state index is 11.7. The molecule has 0 aliphatic rings. The van der Waals surface area contributed by atoms with E-state index in [1.165, 1.54) is 25.1 Å². The number of Topliss-reactive ketones (excluding diaryl/α,β-unsaturated/α-hetero) is 1. The molecule has 8 nitrogen and oxygen atoms in total. The normalized spacial score (nSPS) is 11.0. The number of hydrogen-bond acceptors (Lipinski definition) is 7. The molecule has 140 valence electrons. The Kier molecular flexibility index (Phi) is 6.27. The highest BCUT2D eigenvalue weighted by molar-refractivity contribution is 6.64. The minimum Gasteiger partial charge on any atom is -0.505 e. The molecule has 0 unspecified atom stereocenters. The van der Waals surface area contributed by atoms with E-state index in [0.29, 0.717) is 11.1 Å². The number of esters is 1. The Morgan fingerprint density at radius 3 is 2.48 bits per heavy atom. The van der Waals surface area contributed by atoms with Gasteiger partial charge >= 0.3 is 11.9 Å². The SMILES string of the molecule is CCOC(=O)/C(=N/Nc1cccc(-c2cccc(C(=O)O)c2)c1O)C(C)=O. The quantitative estimate of drug-likeness (QED) is 0.225. The lowest BCUT2D eigenvalue weighted by atomic mass is 10.0. The molecule has 0 atom stereocenters. The minimum atomic E-state index is -1.09. The number of carbonyl (C=O) groups excluding carboxylic acids is 2. The monoisotopic (exact) mass is 370 g/mol. The summed E-state index contributed by atoms with van der Waals surface area (Å²) < 4.78 is 4.76. The van der Waals surface area contributed by atoms with Gasteiger partial charge in [0.05, 0.1) is 17.9 Å². The second-order valence-electron chi connectivity index (χ2n) is 5.44. The van der Waals surface area contributed by atoms with Gasteiger partial charge in [0, 0.05) is 12.5 Å². The Morgan fingerprint density at radius 1 is 1.15 bits per heavy atom. The summed E-state index contributed by atoms with van der Waals surface area (Å²) in [4.78, 5) is 34.4. The van der Waals surface area contributed by atoms with Gasteiger partial charge in [0.25, 0.3) is 0 Å². The van der Waals surface area contributed by atoms with E-state index in [9.17, 15) is 19.5 Å². The van der Waals surface area contributed by atoms with Gasteiger partial charge in [0.1, 0.15) is 5.75 Å². The summed E-state index contributed by atoms with van der Waals surface area (Å²) in [6.45, 7) is 2.86.